The number of hydrogen-bond acceptors (Lipinski definition) is 8. The van der Waals surface area contributed by atoms with Crippen LogP contribution in [0.4, 0.5) is 4.79 Å². The van der Waals surface area contributed by atoms with Gasteiger partial charge in [0.25, 0.3) is 0 Å². The van der Waals surface area contributed by atoms with Crippen molar-refractivity contribution in [2.45, 2.75) is 80.8 Å². The molecule has 2 N–H and O–H groups in total. The molecule has 11 heteroatoms. The Morgan fingerprint density at radius 1 is 1.09 bits per heavy atom. The molecule has 3 fully saturated rings. The van der Waals surface area contributed by atoms with E-state index in [-0.39, 0.29) is 47.9 Å². The molecule has 0 spiro atoms. The van der Waals surface area contributed by atoms with Gasteiger partial charge in [-0.1, -0.05) is 50.6 Å². The number of rotatable bonds is 13. The Labute approximate surface area is 261 Å². The van der Waals surface area contributed by atoms with Gasteiger partial charge >= 0.3 is 6.09 Å². The number of benzene rings is 2. The lowest BCUT2D eigenvalue weighted by Crippen LogP contribution is -2.51. The molecule has 7 atom stereocenters. The average Bonchev–Trinajstić information content (AvgIpc) is 3.54. The monoisotopic (exact) mass is 630 g/mol. The number of carbonyl (C=O) groups excluding carboxylic acids is 1. The van der Waals surface area contributed by atoms with Crippen molar-refractivity contribution in [3.05, 3.63) is 60.2 Å². The van der Waals surface area contributed by atoms with Crippen LogP contribution in [0.5, 0.6) is 5.75 Å². The first-order chi connectivity index (χ1) is 21.1. The normalized spacial score (nSPS) is 27.6. The maximum Gasteiger partial charge on any atom is 0.407 e. The summed E-state index contributed by atoms with van der Waals surface area (Å²) in [6, 6.07) is 14.9. The molecular formula is C33H46N2O8S. The third-order valence-corrected chi connectivity index (χ3v) is 11.3. The van der Waals surface area contributed by atoms with Crippen molar-refractivity contribution >= 4 is 16.1 Å². The molecule has 1 aliphatic heterocycles. The van der Waals surface area contributed by atoms with Crippen LogP contribution in [0.25, 0.3) is 0 Å². The molecular weight excluding hydrogens is 584 g/mol. The lowest BCUT2D eigenvalue weighted by Gasteiger charge is -2.34. The van der Waals surface area contributed by atoms with Crippen molar-refractivity contribution in [3.8, 4) is 5.75 Å². The molecule has 1 heterocycles. The highest BCUT2D eigenvalue weighted by molar-refractivity contribution is 7.89. The van der Waals surface area contributed by atoms with Crippen LogP contribution in [0.2, 0.25) is 0 Å². The van der Waals surface area contributed by atoms with Crippen LogP contribution in [0.3, 0.4) is 0 Å². The first-order valence-electron chi connectivity index (χ1n) is 15.6. The highest BCUT2D eigenvalue weighted by atomic mass is 32.2. The molecule has 1 saturated heterocycles. The zero-order valence-corrected chi connectivity index (χ0v) is 26.9. The molecule has 5 rings (SSSR count). The smallest absolute Gasteiger partial charge is 0.407 e. The van der Waals surface area contributed by atoms with Crippen molar-refractivity contribution in [1.29, 1.82) is 0 Å². The van der Waals surface area contributed by atoms with E-state index in [0.29, 0.717) is 25.2 Å². The summed E-state index contributed by atoms with van der Waals surface area (Å²) in [4.78, 5) is 13.6. The predicted octanol–water partition coefficient (Wildman–Crippen LogP) is 4.01. The summed E-state index contributed by atoms with van der Waals surface area (Å²) in [7, 11) is -0.728. The van der Waals surface area contributed by atoms with Gasteiger partial charge in [0.05, 0.1) is 36.9 Å². The quantitative estimate of drug-likeness (QED) is 0.340. The molecule has 2 saturated carbocycles. The average molecular weight is 631 g/mol. The second-order valence-electron chi connectivity index (χ2n) is 12.8. The molecule has 0 aromatic heterocycles. The summed E-state index contributed by atoms with van der Waals surface area (Å²) in [5.41, 5.74) is 0.447. The lowest BCUT2D eigenvalue weighted by atomic mass is 9.75. The van der Waals surface area contributed by atoms with E-state index in [9.17, 15) is 18.3 Å². The van der Waals surface area contributed by atoms with Gasteiger partial charge < -0.3 is 29.4 Å². The number of ether oxygens (including phenoxy) is 4. The molecule has 2 aromatic carbocycles. The summed E-state index contributed by atoms with van der Waals surface area (Å²) in [5, 5.41) is 14.5. The van der Waals surface area contributed by atoms with Gasteiger partial charge in [-0.05, 0) is 55.0 Å². The molecule has 0 radical (unpaired) electrons. The van der Waals surface area contributed by atoms with Crippen LogP contribution in [-0.2, 0) is 30.7 Å². The summed E-state index contributed by atoms with van der Waals surface area (Å²) < 4.78 is 52.0. The minimum Gasteiger partial charge on any atom is -0.497 e. The topological polar surface area (TPSA) is 124 Å². The Hall–Kier alpha value is -2.70. The maximum atomic E-state index is 13.7. The molecule has 2 aromatic rings. The zero-order valence-electron chi connectivity index (χ0n) is 26.1. The molecule has 242 valence electrons. The van der Waals surface area contributed by atoms with E-state index in [1.807, 2.05) is 44.2 Å². The maximum absolute atomic E-state index is 13.7. The van der Waals surface area contributed by atoms with Crippen LogP contribution in [-0.4, -0.2) is 87.8 Å². The SMILES string of the molecule is COc1ccc(S(=O)(=O)N(CC(C)C)C[C@@H](O)[C@H](Cc2ccccc2)NC(=O)O[C@H]2C[C@@]3(OC)CO[C@H]4CCCC2[C@H]43)cc1. The number of hydrogen-bond donors (Lipinski definition) is 2. The van der Waals surface area contributed by atoms with E-state index in [1.165, 1.54) is 23.5 Å². The van der Waals surface area contributed by atoms with Crippen LogP contribution in [0.1, 0.15) is 45.1 Å². The Morgan fingerprint density at radius 2 is 1.82 bits per heavy atom. The number of methoxy groups -OCH3 is 2. The first-order valence-corrected chi connectivity index (χ1v) is 17.0. The zero-order chi connectivity index (χ0) is 31.5. The van der Waals surface area contributed by atoms with Gasteiger partial charge in [-0.15, -0.1) is 0 Å². The minimum absolute atomic E-state index is 0.000978. The molecule has 1 unspecified atom stereocenters. The van der Waals surface area contributed by atoms with E-state index < -0.39 is 33.9 Å². The fourth-order valence-electron chi connectivity index (χ4n) is 7.35. The van der Waals surface area contributed by atoms with Crippen molar-refractivity contribution in [3.63, 3.8) is 0 Å². The molecule has 1 amide bonds. The minimum atomic E-state index is -3.95. The van der Waals surface area contributed by atoms with Crippen LogP contribution >= 0.6 is 0 Å². The van der Waals surface area contributed by atoms with Gasteiger partial charge in [0.2, 0.25) is 10.0 Å². The molecule has 2 aliphatic carbocycles. The van der Waals surface area contributed by atoms with E-state index >= 15 is 0 Å². The number of aliphatic hydroxyl groups is 1. The van der Waals surface area contributed by atoms with Gasteiger partial charge in [0.1, 0.15) is 17.5 Å². The third kappa shape index (κ3) is 6.92. The summed E-state index contributed by atoms with van der Waals surface area (Å²) in [6.45, 7) is 4.33. The fourth-order valence-corrected chi connectivity index (χ4v) is 8.97. The number of aliphatic hydroxyl groups excluding tert-OH is 1. The number of sulfonamides is 1. The fraction of sp³-hybridized carbons (Fsp3) is 0.606. The number of nitrogens with zero attached hydrogens (tertiary/aromatic N) is 1. The standard InChI is InChI=1S/C33H46N2O8S/c1-22(2)19-35(44(38,39)25-15-13-24(40-3)14-16-25)20-28(36)27(17-23-9-6-5-7-10-23)34-32(37)43-30-18-33(41-4)21-42-29-12-8-11-26(30)31(29)33/h5-7,9-10,13-16,22,26-31,36H,8,11-12,17-21H2,1-4H3,(H,34,37)/t26?,27-,28+,29-,30-,31+,33+/m0/s1. The summed E-state index contributed by atoms with van der Waals surface area (Å²) in [6.07, 6.45) is 1.76. The number of nitrogens with one attached hydrogen (secondary N) is 1. The molecule has 10 nitrogen and oxygen atoms in total. The van der Waals surface area contributed by atoms with Crippen molar-refractivity contribution in [1.82, 2.24) is 9.62 Å². The first kappa shape index (κ1) is 32.7. The highest BCUT2D eigenvalue weighted by Crippen LogP contribution is 2.55. The van der Waals surface area contributed by atoms with E-state index in [4.69, 9.17) is 18.9 Å². The number of alkyl carbamates (subject to hydrolysis) is 1. The number of carbonyl (C=O) groups is 1. The van der Waals surface area contributed by atoms with E-state index in [1.54, 1.807) is 19.2 Å². The van der Waals surface area contributed by atoms with Gasteiger partial charge in [0.15, 0.2) is 0 Å². The number of amides is 1. The molecule has 3 aliphatic rings. The third-order valence-electron chi connectivity index (χ3n) is 9.45. The van der Waals surface area contributed by atoms with E-state index in [2.05, 4.69) is 5.32 Å². The van der Waals surface area contributed by atoms with Gasteiger partial charge in [-0.3, -0.25) is 0 Å². The van der Waals surface area contributed by atoms with E-state index in [0.717, 1.165) is 24.8 Å². The molecule has 0 bridgehead atoms. The van der Waals surface area contributed by atoms with Crippen LogP contribution in [0, 0.1) is 17.8 Å². The molecule has 44 heavy (non-hydrogen) atoms. The highest BCUT2D eigenvalue weighted by Gasteiger charge is 2.63. The van der Waals surface area contributed by atoms with Gasteiger partial charge in [-0.25, -0.2) is 13.2 Å². The van der Waals surface area contributed by atoms with Crippen LogP contribution in [0.15, 0.2) is 59.5 Å². The Morgan fingerprint density at radius 3 is 2.48 bits per heavy atom. The predicted molar refractivity (Wildman–Crippen MR) is 165 cm³/mol. The summed E-state index contributed by atoms with van der Waals surface area (Å²) in [5.74, 6) is 0.885. The summed E-state index contributed by atoms with van der Waals surface area (Å²) >= 11 is 0. The Kier molecular flexibility index (Phi) is 10.2. The van der Waals surface area contributed by atoms with Gasteiger partial charge in [0, 0.05) is 38.5 Å². The van der Waals surface area contributed by atoms with Gasteiger partial charge in [-0.2, -0.15) is 4.31 Å². The van der Waals surface area contributed by atoms with Crippen molar-refractivity contribution < 1.29 is 37.3 Å². The largest absolute Gasteiger partial charge is 0.497 e. The van der Waals surface area contributed by atoms with Crippen LogP contribution < -0.4 is 10.1 Å². The second-order valence-corrected chi connectivity index (χ2v) is 14.7. The lowest BCUT2D eigenvalue weighted by molar-refractivity contribution is -0.0382. The Bertz CT molecular complexity index is 1360. The van der Waals surface area contributed by atoms with Crippen molar-refractivity contribution in [2.75, 3.05) is 33.9 Å². The van der Waals surface area contributed by atoms with Crippen molar-refractivity contribution in [2.24, 2.45) is 17.8 Å². The second kappa shape index (κ2) is 13.7. The Balaban J connectivity index is 1.33.